The van der Waals surface area contributed by atoms with Gasteiger partial charge in [0.2, 0.25) is 22.7 Å². The Bertz CT molecular complexity index is 1230. The van der Waals surface area contributed by atoms with E-state index in [0.717, 1.165) is 0 Å². The zero-order valence-corrected chi connectivity index (χ0v) is 18.7. The van der Waals surface area contributed by atoms with Crippen LogP contribution in [0, 0.1) is 5.92 Å². The minimum Gasteiger partial charge on any atom is -0.479 e. The number of hydrogen-bond acceptors (Lipinski definition) is 7. The largest absolute Gasteiger partial charge is 0.479 e. The van der Waals surface area contributed by atoms with E-state index in [0.29, 0.717) is 48.0 Å². The molecular weight excluding hydrogens is 450 g/mol. The van der Waals surface area contributed by atoms with E-state index in [1.165, 1.54) is 22.5 Å². The van der Waals surface area contributed by atoms with Gasteiger partial charge in [0.05, 0.1) is 16.5 Å². The second kappa shape index (κ2) is 8.23. The fourth-order valence-electron chi connectivity index (χ4n) is 4.09. The van der Waals surface area contributed by atoms with Crippen LogP contribution in [0.3, 0.4) is 0 Å². The zero-order valence-electron chi connectivity index (χ0n) is 17.9. The van der Waals surface area contributed by atoms with E-state index in [2.05, 4.69) is 10.6 Å². The first-order valence-electron chi connectivity index (χ1n) is 10.6. The van der Waals surface area contributed by atoms with Gasteiger partial charge in [-0.25, -0.2) is 8.42 Å². The summed E-state index contributed by atoms with van der Waals surface area (Å²) < 4.78 is 44.0. The van der Waals surface area contributed by atoms with Crippen molar-refractivity contribution in [2.24, 2.45) is 5.92 Å². The van der Waals surface area contributed by atoms with E-state index in [9.17, 15) is 18.0 Å². The van der Waals surface area contributed by atoms with Crippen molar-refractivity contribution in [2.75, 3.05) is 30.5 Å². The van der Waals surface area contributed by atoms with E-state index in [4.69, 9.17) is 14.2 Å². The highest BCUT2D eigenvalue weighted by Gasteiger charge is 2.34. The fourth-order valence-corrected chi connectivity index (χ4v) is 5.64. The summed E-state index contributed by atoms with van der Waals surface area (Å²) in [6.07, 6.45) is 0.487. The van der Waals surface area contributed by atoms with Crippen molar-refractivity contribution in [3.05, 3.63) is 36.4 Å². The van der Waals surface area contributed by atoms with E-state index in [1.807, 2.05) is 0 Å². The molecule has 0 radical (unpaired) electrons. The first-order valence-corrected chi connectivity index (χ1v) is 12.1. The first-order chi connectivity index (χ1) is 15.8. The molecule has 2 aromatic rings. The van der Waals surface area contributed by atoms with Crippen LogP contribution in [0.4, 0.5) is 11.4 Å². The molecule has 5 rings (SSSR count). The number of nitrogens with one attached hydrogen (secondary N) is 2. The van der Waals surface area contributed by atoms with E-state index < -0.39 is 22.0 Å². The molecule has 2 atom stereocenters. The summed E-state index contributed by atoms with van der Waals surface area (Å²) in [6, 6.07) is 9.50. The highest BCUT2D eigenvalue weighted by Crippen LogP contribution is 2.35. The molecule has 0 saturated carbocycles. The Morgan fingerprint density at radius 1 is 1.12 bits per heavy atom. The van der Waals surface area contributed by atoms with Gasteiger partial charge in [-0.05, 0) is 50.1 Å². The number of ether oxygens (including phenoxy) is 3. The van der Waals surface area contributed by atoms with Crippen LogP contribution >= 0.6 is 0 Å². The highest BCUT2D eigenvalue weighted by molar-refractivity contribution is 7.89. The smallest absolute Gasteiger partial charge is 0.265 e. The van der Waals surface area contributed by atoms with Crippen molar-refractivity contribution in [1.82, 2.24) is 4.31 Å². The second-order valence-electron chi connectivity index (χ2n) is 8.17. The van der Waals surface area contributed by atoms with Gasteiger partial charge in [-0.15, -0.1) is 0 Å². The third-order valence-electron chi connectivity index (χ3n) is 5.91. The Labute approximate surface area is 190 Å². The van der Waals surface area contributed by atoms with Crippen molar-refractivity contribution in [1.29, 1.82) is 0 Å². The predicted octanol–water partition coefficient (Wildman–Crippen LogP) is 2.17. The average molecular weight is 474 g/mol. The van der Waals surface area contributed by atoms with Crippen molar-refractivity contribution >= 4 is 33.2 Å². The molecule has 3 aliphatic rings. The normalized spacial score (nSPS) is 22.2. The molecule has 174 valence electrons. The number of piperidine rings is 1. The number of sulfonamides is 1. The van der Waals surface area contributed by atoms with Crippen LogP contribution in [0.5, 0.6) is 17.2 Å². The van der Waals surface area contributed by atoms with Gasteiger partial charge in [0, 0.05) is 24.8 Å². The molecule has 0 unspecified atom stereocenters. The third kappa shape index (κ3) is 4.09. The molecule has 0 aliphatic carbocycles. The monoisotopic (exact) mass is 473 g/mol. The minimum absolute atomic E-state index is 0.0385. The zero-order chi connectivity index (χ0) is 23.2. The van der Waals surface area contributed by atoms with Crippen LogP contribution in [0.1, 0.15) is 19.8 Å². The molecule has 1 saturated heterocycles. The van der Waals surface area contributed by atoms with Gasteiger partial charge in [0.15, 0.2) is 17.6 Å². The molecular formula is C22H23N3O7S. The minimum atomic E-state index is -3.86. The Balaban J connectivity index is 1.30. The lowest BCUT2D eigenvalue weighted by Crippen LogP contribution is -2.43. The van der Waals surface area contributed by atoms with Crippen molar-refractivity contribution in [3.8, 4) is 17.2 Å². The quantitative estimate of drug-likeness (QED) is 0.698. The number of nitrogens with zero attached hydrogens (tertiary/aromatic N) is 1. The third-order valence-corrected chi connectivity index (χ3v) is 7.78. The molecule has 0 aromatic heterocycles. The van der Waals surface area contributed by atoms with Crippen LogP contribution in [0.2, 0.25) is 0 Å². The summed E-state index contributed by atoms with van der Waals surface area (Å²) >= 11 is 0. The average Bonchev–Trinajstić information content (AvgIpc) is 3.27. The number of carbonyl (C=O) groups excluding carboxylic acids is 2. The first kappa shape index (κ1) is 21.5. The van der Waals surface area contributed by atoms with Crippen LogP contribution < -0.4 is 24.8 Å². The van der Waals surface area contributed by atoms with E-state index in [1.54, 1.807) is 25.1 Å². The summed E-state index contributed by atoms with van der Waals surface area (Å²) in [4.78, 5) is 24.8. The van der Waals surface area contributed by atoms with Gasteiger partial charge < -0.3 is 24.8 Å². The molecule has 11 heteroatoms. The summed E-state index contributed by atoms with van der Waals surface area (Å²) in [5.74, 6) is 0.493. The van der Waals surface area contributed by atoms with Crippen LogP contribution in [-0.2, 0) is 19.6 Å². The maximum absolute atomic E-state index is 13.3. The van der Waals surface area contributed by atoms with Gasteiger partial charge >= 0.3 is 0 Å². The molecule has 33 heavy (non-hydrogen) atoms. The summed E-state index contributed by atoms with van der Waals surface area (Å²) in [5, 5.41) is 5.51. The molecule has 2 aromatic carbocycles. The van der Waals surface area contributed by atoms with Gasteiger partial charge in [-0.2, -0.15) is 4.31 Å². The lowest BCUT2D eigenvalue weighted by Gasteiger charge is -2.31. The van der Waals surface area contributed by atoms with Gasteiger partial charge in [0.25, 0.3) is 5.91 Å². The molecule has 2 amide bonds. The SMILES string of the molecule is C[C@@H]1Oc2ccc(S(=O)(=O)N3CCC[C@H](C(=O)Nc4ccc5c(c4)OCO5)C3)cc2NC1=O. The maximum Gasteiger partial charge on any atom is 0.265 e. The van der Waals surface area contributed by atoms with Crippen LogP contribution in [-0.4, -0.2) is 50.5 Å². The Morgan fingerprint density at radius 2 is 1.91 bits per heavy atom. The Hall–Kier alpha value is -3.31. The van der Waals surface area contributed by atoms with Gasteiger partial charge in [-0.1, -0.05) is 0 Å². The Kier molecular flexibility index (Phi) is 5.37. The van der Waals surface area contributed by atoms with Crippen LogP contribution in [0.15, 0.2) is 41.3 Å². The molecule has 10 nitrogen and oxygen atoms in total. The summed E-state index contributed by atoms with van der Waals surface area (Å²) in [6.45, 7) is 2.13. The molecule has 0 spiro atoms. The van der Waals surface area contributed by atoms with Crippen molar-refractivity contribution in [3.63, 3.8) is 0 Å². The summed E-state index contributed by atoms with van der Waals surface area (Å²) in [7, 11) is -3.86. The molecule has 1 fully saturated rings. The number of amides is 2. The van der Waals surface area contributed by atoms with E-state index in [-0.39, 0.29) is 30.0 Å². The van der Waals surface area contributed by atoms with Gasteiger partial charge in [0.1, 0.15) is 5.75 Å². The number of anilines is 2. The molecule has 3 heterocycles. The van der Waals surface area contributed by atoms with Gasteiger partial charge in [-0.3, -0.25) is 9.59 Å². The molecule has 2 N–H and O–H groups in total. The number of benzene rings is 2. The maximum atomic E-state index is 13.3. The molecule has 3 aliphatic heterocycles. The standard InChI is InChI=1S/C22H23N3O7S/c1-13-21(26)24-17-10-16(5-7-18(17)32-13)33(28,29)25-8-2-3-14(11-25)22(27)23-15-4-6-19-20(9-15)31-12-30-19/h4-7,9-10,13-14H,2-3,8,11-12H2,1H3,(H,23,27)(H,24,26)/t13-,14-/m0/s1. The van der Waals surface area contributed by atoms with Crippen molar-refractivity contribution < 1.29 is 32.2 Å². The van der Waals surface area contributed by atoms with Crippen LogP contribution in [0.25, 0.3) is 0 Å². The second-order valence-corrected chi connectivity index (χ2v) is 10.1. The lowest BCUT2D eigenvalue weighted by atomic mass is 9.98. The van der Waals surface area contributed by atoms with E-state index >= 15 is 0 Å². The predicted molar refractivity (Wildman–Crippen MR) is 118 cm³/mol. The Morgan fingerprint density at radius 3 is 2.76 bits per heavy atom. The molecule has 0 bridgehead atoms. The topological polar surface area (TPSA) is 123 Å². The summed E-state index contributed by atoms with van der Waals surface area (Å²) in [5.41, 5.74) is 0.872. The fraction of sp³-hybridized carbons (Fsp3) is 0.364. The van der Waals surface area contributed by atoms with Crippen molar-refractivity contribution in [2.45, 2.75) is 30.8 Å². The highest BCUT2D eigenvalue weighted by atomic mass is 32.2. The number of hydrogen-bond donors (Lipinski definition) is 2. The number of carbonyl (C=O) groups is 2. The number of rotatable bonds is 4. The number of fused-ring (bicyclic) bond motifs is 2. The lowest BCUT2D eigenvalue weighted by molar-refractivity contribution is -0.123.